The average molecular weight is 592 g/mol. The fraction of sp³-hybridized carbons (Fsp3) is 0.806. The van der Waals surface area contributed by atoms with Gasteiger partial charge in [-0.3, -0.25) is 24.0 Å². The number of hydrogen-bond donors (Lipinski definition) is 4. The summed E-state index contributed by atoms with van der Waals surface area (Å²) in [5.41, 5.74) is 3.98. The van der Waals surface area contributed by atoms with E-state index < -0.39 is 64.5 Å². The van der Waals surface area contributed by atoms with E-state index in [1.54, 1.807) is 13.8 Å². The van der Waals surface area contributed by atoms with Crippen LogP contribution in [0.25, 0.3) is 0 Å². The van der Waals surface area contributed by atoms with Crippen molar-refractivity contribution in [3.05, 3.63) is 0 Å². The number of rotatable bonds is 12. The number of nitrogens with two attached hydrogens (primary N) is 1. The lowest BCUT2D eigenvalue weighted by atomic mass is 9.81. The Balaban J connectivity index is 2.34. The molecule has 0 bridgehead atoms. The number of primary amides is 1. The maximum Gasteiger partial charge on any atom is 0.316 e. The smallest absolute Gasteiger partial charge is 0.316 e. The molecule has 11 heteroatoms. The minimum Gasteiger partial charge on any atom is -0.363 e. The molecule has 2 rings (SSSR count). The van der Waals surface area contributed by atoms with Gasteiger partial charge < -0.3 is 26.6 Å². The normalized spacial score (nSPS) is 21.5. The number of carbonyl (C=O) groups excluding carboxylic acids is 6. The number of nitrogens with zero attached hydrogens (tertiary/aromatic N) is 1. The molecule has 238 valence electrons. The van der Waals surface area contributed by atoms with Gasteiger partial charge in [0, 0.05) is 12.5 Å². The Hall–Kier alpha value is -2.98. The van der Waals surface area contributed by atoms with E-state index >= 15 is 0 Å². The molecule has 0 radical (unpaired) electrons. The highest BCUT2D eigenvalue weighted by atomic mass is 16.2. The van der Waals surface area contributed by atoms with Gasteiger partial charge in [-0.2, -0.15) is 0 Å². The zero-order valence-corrected chi connectivity index (χ0v) is 27.1. The highest BCUT2D eigenvalue weighted by molar-refractivity contribution is 6.37. The number of hydrogen-bond acceptors (Lipinski definition) is 6. The second kappa shape index (κ2) is 13.5. The van der Waals surface area contributed by atoms with Crippen molar-refractivity contribution < 1.29 is 28.8 Å². The Kier molecular flexibility index (Phi) is 11.4. The Morgan fingerprint density at radius 3 is 1.76 bits per heavy atom. The van der Waals surface area contributed by atoms with Gasteiger partial charge >= 0.3 is 6.03 Å². The van der Waals surface area contributed by atoms with Crippen LogP contribution >= 0.6 is 0 Å². The van der Waals surface area contributed by atoms with E-state index in [9.17, 15) is 28.8 Å². The molecule has 2 fully saturated rings. The van der Waals surface area contributed by atoms with Crippen LogP contribution in [0.5, 0.6) is 0 Å². The van der Waals surface area contributed by atoms with Gasteiger partial charge in [-0.25, -0.2) is 4.79 Å². The van der Waals surface area contributed by atoms with Gasteiger partial charge in [-0.1, -0.05) is 82.1 Å². The third-order valence-electron chi connectivity index (χ3n) is 8.38. The number of urea groups is 1. The lowest BCUT2D eigenvalue weighted by molar-refractivity contribution is -0.144. The summed E-state index contributed by atoms with van der Waals surface area (Å²) in [6, 6.07) is -4.35. The first kappa shape index (κ1) is 35.2. The molecule has 1 aliphatic heterocycles. The summed E-state index contributed by atoms with van der Waals surface area (Å²) in [5.74, 6) is -3.19. The third kappa shape index (κ3) is 9.01. The van der Waals surface area contributed by atoms with E-state index in [1.165, 1.54) is 4.90 Å². The number of likely N-dealkylation sites (tertiary alicyclic amines) is 1. The molecule has 1 heterocycles. The number of carbonyl (C=O) groups is 6. The highest BCUT2D eigenvalue weighted by Crippen LogP contribution is 2.35. The zero-order chi connectivity index (χ0) is 32.3. The van der Waals surface area contributed by atoms with Crippen molar-refractivity contribution in [3.8, 4) is 0 Å². The van der Waals surface area contributed by atoms with Crippen molar-refractivity contribution in [2.75, 3.05) is 6.54 Å². The summed E-state index contributed by atoms with van der Waals surface area (Å²) < 4.78 is 0. The monoisotopic (exact) mass is 591 g/mol. The first-order chi connectivity index (χ1) is 19.2. The molecule has 2 aliphatic rings. The molecule has 0 aromatic carbocycles. The van der Waals surface area contributed by atoms with Crippen LogP contribution in [0.1, 0.15) is 94.9 Å². The summed E-state index contributed by atoms with van der Waals surface area (Å²) >= 11 is 0. The molecular weight excluding hydrogens is 538 g/mol. The SMILES string of the molecule is CC(C)C(=O)[C@@H](NC(=O)N[C@H](C(=O)N1CC[C@H](C(C)C)[C@H]1C(=O)NC(CC1CC1)C(=O)C(N)=O)C(C)(C)C)C(C)(C)C. The molecule has 5 N–H and O–H groups in total. The van der Waals surface area contributed by atoms with E-state index in [4.69, 9.17) is 5.73 Å². The van der Waals surface area contributed by atoms with Gasteiger partial charge in [-0.05, 0) is 41.4 Å². The lowest BCUT2D eigenvalue weighted by Crippen LogP contribution is -2.62. The summed E-state index contributed by atoms with van der Waals surface area (Å²) in [7, 11) is 0. The molecule has 42 heavy (non-hydrogen) atoms. The second-order valence-electron chi connectivity index (χ2n) is 14.9. The standard InChI is InChI=1S/C31H53N5O6/c1-16(2)19-13-14-36(21(19)27(40)33-20(15-18-11-12-18)23(38)26(32)39)28(41)25(31(8,9)10)35-29(42)34-24(30(5,6)7)22(37)17(3)4/h16-21,24-25H,11-15H2,1-10H3,(H2,32,39)(H,33,40)(H2,34,35,42)/t19-,20?,21+,24-,25-/m1/s1. The van der Waals surface area contributed by atoms with Crippen molar-refractivity contribution >= 4 is 35.3 Å². The topological polar surface area (TPSA) is 168 Å². The maximum absolute atomic E-state index is 14.1. The Morgan fingerprint density at radius 1 is 0.810 bits per heavy atom. The molecule has 0 aromatic heterocycles. The van der Waals surface area contributed by atoms with Gasteiger partial charge in [0.25, 0.3) is 5.91 Å². The molecule has 0 spiro atoms. The van der Waals surface area contributed by atoms with E-state index in [1.807, 2.05) is 55.4 Å². The quantitative estimate of drug-likeness (QED) is 0.254. The summed E-state index contributed by atoms with van der Waals surface area (Å²) in [6.45, 7) is 18.8. The van der Waals surface area contributed by atoms with Gasteiger partial charge in [0.15, 0.2) is 5.78 Å². The zero-order valence-electron chi connectivity index (χ0n) is 27.1. The van der Waals surface area contributed by atoms with Crippen LogP contribution in [-0.2, 0) is 24.0 Å². The van der Waals surface area contributed by atoms with E-state index in [0.717, 1.165) is 12.8 Å². The van der Waals surface area contributed by atoms with Crippen molar-refractivity contribution in [1.29, 1.82) is 0 Å². The molecule has 11 nitrogen and oxygen atoms in total. The summed E-state index contributed by atoms with van der Waals surface area (Å²) in [4.78, 5) is 79.8. The van der Waals surface area contributed by atoms with Crippen LogP contribution in [0.4, 0.5) is 4.79 Å². The third-order valence-corrected chi connectivity index (χ3v) is 8.38. The van der Waals surface area contributed by atoms with Crippen molar-refractivity contribution in [3.63, 3.8) is 0 Å². The summed E-state index contributed by atoms with van der Waals surface area (Å²) in [6.07, 6.45) is 2.73. The Bertz CT molecular complexity index is 1050. The number of ketones is 2. The van der Waals surface area contributed by atoms with Gasteiger partial charge in [-0.15, -0.1) is 0 Å². The molecule has 1 saturated carbocycles. The first-order valence-electron chi connectivity index (χ1n) is 15.2. The fourth-order valence-electron chi connectivity index (χ4n) is 5.61. The van der Waals surface area contributed by atoms with Crippen molar-refractivity contribution in [2.24, 2.45) is 40.2 Å². The van der Waals surface area contributed by atoms with E-state index in [0.29, 0.717) is 19.4 Å². The molecule has 1 aliphatic carbocycles. The molecule has 0 aromatic rings. The summed E-state index contributed by atoms with van der Waals surface area (Å²) in [5, 5.41) is 8.34. The number of Topliss-reactive ketones (excluding diaryl/α,β-unsaturated/α-hetero) is 2. The minimum atomic E-state index is -1.10. The molecular formula is C31H53N5O6. The molecule has 1 unspecified atom stereocenters. The highest BCUT2D eigenvalue weighted by Gasteiger charge is 2.48. The van der Waals surface area contributed by atoms with Crippen LogP contribution in [0, 0.1) is 34.5 Å². The largest absolute Gasteiger partial charge is 0.363 e. The first-order valence-corrected chi connectivity index (χ1v) is 15.2. The van der Waals surface area contributed by atoms with E-state index in [-0.39, 0.29) is 29.5 Å². The Labute approximate surface area is 250 Å². The number of nitrogens with one attached hydrogen (secondary N) is 3. The predicted molar refractivity (Wildman–Crippen MR) is 160 cm³/mol. The van der Waals surface area contributed by atoms with Gasteiger partial charge in [0.05, 0.1) is 12.1 Å². The maximum atomic E-state index is 14.1. The average Bonchev–Trinajstić information content (AvgIpc) is 3.55. The van der Waals surface area contributed by atoms with E-state index in [2.05, 4.69) is 16.0 Å². The fourth-order valence-corrected chi connectivity index (χ4v) is 5.61. The lowest BCUT2D eigenvalue weighted by Gasteiger charge is -2.38. The van der Waals surface area contributed by atoms with Crippen molar-refractivity contribution in [2.45, 2.75) is 119 Å². The van der Waals surface area contributed by atoms with Crippen LogP contribution in [0.2, 0.25) is 0 Å². The van der Waals surface area contributed by atoms with Crippen LogP contribution in [0.3, 0.4) is 0 Å². The number of amides is 5. The molecule has 5 atom stereocenters. The van der Waals surface area contributed by atoms with Crippen LogP contribution in [0.15, 0.2) is 0 Å². The minimum absolute atomic E-state index is 0.0474. The van der Waals surface area contributed by atoms with Crippen LogP contribution < -0.4 is 21.7 Å². The van der Waals surface area contributed by atoms with Gasteiger partial charge in [0.1, 0.15) is 12.1 Å². The molecule has 5 amide bonds. The van der Waals surface area contributed by atoms with Crippen molar-refractivity contribution in [1.82, 2.24) is 20.9 Å². The second-order valence-corrected chi connectivity index (χ2v) is 14.9. The Morgan fingerprint density at radius 2 is 1.33 bits per heavy atom. The molecule has 1 saturated heterocycles. The van der Waals surface area contributed by atoms with Gasteiger partial charge in [0.2, 0.25) is 17.6 Å². The van der Waals surface area contributed by atoms with Crippen LogP contribution in [-0.4, -0.2) is 70.9 Å². The predicted octanol–water partition coefficient (Wildman–Crippen LogP) is 2.55.